The highest BCUT2D eigenvalue weighted by atomic mass is 16.5. The van der Waals surface area contributed by atoms with Crippen molar-refractivity contribution >= 4 is 11.8 Å². The molecule has 2 atom stereocenters. The minimum atomic E-state index is 0.107. The summed E-state index contributed by atoms with van der Waals surface area (Å²) in [6.07, 6.45) is 3.25. The topological polar surface area (TPSA) is 49.9 Å². The molecule has 2 heterocycles. The lowest BCUT2D eigenvalue weighted by Crippen LogP contribution is -2.56. The summed E-state index contributed by atoms with van der Waals surface area (Å²) in [5.74, 6) is 1.36. The van der Waals surface area contributed by atoms with Crippen LogP contribution in [0.5, 0.6) is 5.75 Å². The van der Waals surface area contributed by atoms with Crippen molar-refractivity contribution in [2.24, 2.45) is 5.92 Å². The number of amides is 2. The molecule has 180 valence electrons. The van der Waals surface area contributed by atoms with E-state index in [-0.39, 0.29) is 17.9 Å². The van der Waals surface area contributed by atoms with Crippen LogP contribution in [-0.2, 0) is 11.2 Å². The quantitative estimate of drug-likeness (QED) is 0.526. The van der Waals surface area contributed by atoms with Crippen molar-refractivity contribution < 1.29 is 14.3 Å². The van der Waals surface area contributed by atoms with Crippen LogP contribution in [0.1, 0.15) is 35.2 Å². The number of methoxy groups -OCH3 is 1. The Morgan fingerprint density at radius 2 is 1.66 bits per heavy atom. The lowest BCUT2D eigenvalue weighted by Gasteiger charge is -2.47. The van der Waals surface area contributed by atoms with E-state index >= 15 is 0 Å². The zero-order valence-corrected chi connectivity index (χ0v) is 20.2. The molecule has 2 aliphatic heterocycles. The van der Waals surface area contributed by atoms with Gasteiger partial charge >= 0.3 is 0 Å². The zero-order chi connectivity index (χ0) is 24.2. The van der Waals surface area contributed by atoms with Gasteiger partial charge in [-0.25, -0.2) is 0 Å². The third kappa shape index (κ3) is 5.09. The Bertz CT molecular complexity index is 1180. The van der Waals surface area contributed by atoms with Gasteiger partial charge in [-0.05, 0) is 66.1 Å². The number of ether oxygens (including phenoxy) is 1. The Hall–Kier alpha value is -3.60. The summed E-state index contributed by atoms with van der Waals surface area (Å²) in [5, 5.41) is 0. The SMILES string of the molecule is COc1cccc(CC(=O)N2CC[C@H]3[C@@H](CCCN3C(=O)c3ccc(-c4ccccc4)cc3)C2)c1. The Morgan fingerprint density at radius 1 is 0.886 bits per heavy atom. The molecule has 2 aliphatic rings. The molecule has 2 amide bonds. The van der Waals surface area contributed by atoms with E-state index in [0.29, 0.717) is 18.9 Å². The van der Waals surface area contributed by atoms with Crippen LogP contribution < -0.4 is 4.74 Å². The molecule has 5 nitrogen and oxygen atoms in total. The van der Waals surface area contributed by atoms with Crippen LogP contribution in [0.15, 0.2) is 78.9 Å². The number of benzene rings is 3. The summed E-state index contributed by atoms with van der Waals surface area (Å²) in [7, 11) is 1.64. The lowest BCUT2D eigenvalue weighted by atomic mass is 9.83. The van der Waals surface area contributed by atoms with Crippen LogP contribution in [0.2, 0.25) is 0 Å². The van der Waals surface area contributed by atoms with E-state index in [0.717, 1.165) is 60.4 Å². The monoisotopic (exact) mass is 468 g/mol. The van der Waals surface area contributed by atoms with Crippen molar-refractivity contribution in [3.63, 3.8) is 0 Å². The van der Waals surface area contributed by atoms with Crippen molar-refractivity contribution in [1.82, 2.24) is 9.80 Å². The average Bonchev–Trinajstić information content (AvgIpc) is 2.92. The maximum absolute atomic E-state index is 13.5. The van der Waals surface area contributed by atoms with Crippen molar-refractivity contribution in [3.8, 4) is 16.9 Å². The summed E-state index contributed by atoms with van der Waals surface area (Å²) in [6.45, 7) is 2.21. The molecule has 5 rings (SSSR count). The molecule has 0 bridgehead atoms. The number of hydrogen-bond donors (Lipinski definition) is 0. The number of nitrogens with zero attached hydrogens (tertiary/aromatic N) is 2. The van der Waals surface area contributed by atoms with Crippen LogP contribution in [-0.4, -0.2) is 54.4 Å². The van der Waals surface area contributed by atoms with E-state index in [1.54, 1.807) is 7.11 Å². The Balaban J connectivity index is 1.23. The molecule has 0 N–H and O–H groups in total. The number of likely N-dealkylation sites (tertiary alicyclic amines) is 2. The van der Waals surface area contributed by atoms with Gasteiger partial charge < -0.3 is 14.5 Å². The summed E-state index contributed by atoms with van der Waals surface area (Å²) in [5.41, 5.74) is 3.97. The van der Waals surface area contributed by atoms with Gasteiger partial charge in [-0.2, -0.15) is 0 Å². The predicted molar refractivity (Wildman–Crippen MR) is 137 cm³/mol. The first-order chi connectivity index (χ1) is 17.1. The van der Waals surface area contributed by atoms with Crippen molar-refractivity contribution in [2.75, 3.05) is 26.7 Å². The van der Waals surface area contributed by atoms with E-state index in [1.807, 2.05) is 71.6 Å². The van der Waals surface area contributed by atoms with E-state index in [2.05, 4.69) is 17.0 Å². The molecule has 0 saturated carbocycles. The molecular weight excluding hydrogens is 436 g/mol. The fraction of sp³-hybridized carbons (Fsp3) is 0.333. The van der Waals surface area contributed by atoms with Crippen LogP contribution in [0.3, 0.4) is 0 Å². The Labute approximate surface area is 207 Å². The molecule has 0 aromatic heterocycles. The van der Waals surface area contributed by atoms with E-state index in [1.165, 1.54) is 0 Å². The third-order valence-corrected chi connectivity index (χ3v) is 7.41. The van der Waals surface area contributed by atoms with Gasteiger partial charge in [0.1, 0.15) is 5.75 Å². The molecule has 2 saturated heterocycles. The van der Waals surface area contributed by atoms with Crippen LogP contribution in [0.4, 0.5) is 0 Å². The van der Waals surface area contributed by atoms with E-state index < -0.39 is 0 Å². The number of piperidine rings is 2. The normalized spacial score (nSPS) is 19.7. The predicted octanol–water partition coefficient (Wildman–Crippen LogP) is 5.06. The fourth-order valence-corrected chi connectivity index (χ4v) is 5.55. The number of hydrogen-bond acceptors (Lipinski definition) is 3. The molecular formula is C30H32N2O3. The van der Waals surface area contributed by atoms with Gasteiger partial charge in [-0.15, -0.1) is 0 Å². The maximum Gasteiger partial charge on any atom is 0.254 e. The number of rotatable bonds is 5. The van der Waals surface area contributed by atoms with Gasteiger partial charge in [0.05, 0.1) is 13.5 Å². The van der Waals surface area contributed by atoms with E-state index in [9.17, 15) is 9.59 Å². The first-order valence-corrected chi connectivity index (χ1v) is 12.5. The maximum atomic E-state index is 13.5. The second-order valence-electron chi connectivity index (χ2n) is 9.57. The zero-order valence-electron chi connectivity index (χ0n) is 20.2. The van der Waals surface area contributed by atoms with Crippen molar-refractivity contribution in [3.05, 3.63) is 90.0 Å². The van der Waals surface area contributed by atoms with Gasteiger partial charge in [-0.3, -0.25) is 9.59 Å². The number of carbonyl (C=O) groups excluding carboxylic acids is 2. The van der Waals surface area contributed by atoms with Crippen LogP contribution >= 0.6 is 0 Å². The Kier molecular flexibility index (Phi) is 6.84. The number of carbonyl (C=O) groups is 2. The van der Waals surface area contributed by atoms with E-state index in [4.69, 9.17) is 4.74 Å². The minimum Gasteiger partial charge on any atom is -0.497 e. The molecule has 5 heteroatoms. The first kappa shape index (κ1) is 23.2. The molecule has 0 spiro atoms. The second kappa shape index (κ2) is 10.3. The molecule has 35 heavy (non-hydrogen) atoms. The minimum absolute atomic E-state index is 0.107. The number of fused-ring (bicyclic) bond motifs is 1. The molecule has 2 fully saturated rings. The fourth-order valence-electron chi connectivity index (χ4n) is 5.55. The van der Waals surface area contributed by atoms with Crippen LogP contribution in [0, 0.1) is 5.92 Å². The smallest absolute Gasteiger partial charge is 0.254 e. The standard InChI is InChI=1S/C30H32N2O3/c1-35-27-11-5-7-22(19-27)20-29(33)31-18-16-28-26(21-31)10-6-17-32(28)30(34)25-14-12-24(13-15-25)23-8-3-2-4-9-23/h2-5,7-9,11-15,19,26,28H,6,10,16-18,20-21H2,1H3/t26-,28-/m0/s1. The second-order valence-corrected chi connectivity index (χ2v) is 9.57. The molecule has 3 aromatic rings. The highest BCUT2D eigenvalue weighted by Gasteiger charge is 2.39. The summed E-state index contributed by atoms with van der Waals surface area (Å²) in [6, 6.07) is 26.1. The van der Waals surface area contributed by atoms with Gasteiger partial charge in [0.15, 0.2) is 0 Å². The molecule has 0 radical (unpaired) electrons. The average molecular weight is 469 g/mol. The van der Waals surface area contributed by atoms with Gasteiger partial charge in [0.2, 0.25) is 5.91 Å². The van der Waals surface area contributed by atoms with Crippen molar-refractivity contribution in [1.29, 1.82) is 0 Å². The van der Waals surface area contributed by atoms with Crippen LogP contribution in [0.25, 0.3) is 11.1 Å². The van der Waals surface area contributed by atoms with Gasteiger partial charge in [0.25, 0.3) is 5.91 Å². The summed E-state index contributed by atoms with van der Waals surface area (Å²) in [4.78, 5) is 30.5. The third-order valence-electron chi connectivity index (χ3n) is 7.41. The highest BCUT2D eigenvalue weighted by Crippen LogP contribution is 2.32. The highest BCUT2D eigenvalue weighted by molar-refractivity contribution is 5.95. The molecule has 0 aliphatic carbocycles. The summed E-state index contributed by atoms with van der Waals surface area (Å²) < 4.78 is 5.29. The largest absolute Gasteiger partial charge is 0.497 e. The Morgan fingerprint density at radius 3 is 2.43 bits per heavy atom. The van der Waals surface area contributed by atoms with Crippen molar-refractivity contribution in [2.45, 2.75) is 31.7 Å². The molecule has 0 unspecified atom stereocenters. The van der Waals surface area contributed by atoms with Gasteiger partial charge in [0, 0.05) is 31.2 Å². The lowest BCUT2D eigenvalue weighted by molar-refractivity contribution is -0.133. The molecule has 3 aromatic carbocycles. The summed E-state index contributed by atoms with van der Waals surface area (Å²) >= 11 is 0. The first-order valence-electron chi connectivity index (χ1n) is 12.5. The van der Waals surface area contributed by atoms with Gasteiger partial charge in [-0.1, -0.05) is 54.6 Å².